The number of benzene rings is 1. The van der Waals surface area contributed by atoms with Gasteiger partial charge in [-0.25, -0.2) is 9.97 Å². The van der Waals surface area contributed by atoms with E-state index in [4.69, 9.17) is 9.47 Å². The monoisotopic (exact) mass is 330 g/mol. The molecule has 1 heterocycles. The molecule has 1 aromatic carbocycles. The van der Waals surface area contributed by atoms with Gasteiger partial charge in [0.05, 0.1) is 14.2 Å². The predicted molar refractivity (Wildman–Crippen MR) is 93.0 cm³/mol. The van der Waals surface area contributed by atoms with Gasteiger partial charge in [0.1, 0.15) is 5.69 Å². The van der Waals surface area contributed by atoms with Crippen molar-refractivity contribution in [1.29, 1.82) is 0 Å². The fraction of sp³-hybridized carbons (Fsp3) is 0.353. The third kappa shape index (κ3) is 4.34. The Labute approximate surface area is 141 Å². The first-order valence-corrected chi connectivity index (χ1v) is 7.70. The minimum absolute atomic E-state index is 0.302. The second-order valence-electron chi connectivity index (χ2n) is 5.17. The van der Waals surface area contributed by atoms with Gasteiger partial charge < -0.3 is 20.1 Å². The summed E-state index contributed by atoms with van der Waals surface area (Å²) in [6.07, 6.45) is 0.949. The third-order valence-corrected chi connectivity index (χ3v) is 3.26. The van der Waals surface area contributed by atoms with Crippen LogP contribution in [0.3, 0.4) is 0 Å². The standard InChI is InChI=1S/C17H22N4O3/c1-5-8-18-17-19-11(2)9-13(21-17)16(22)20-12-6-7-14(23-3)15(10-12)24-4/h6-7,9-10H,5,8H2,1-4H3,(H,20,22)(H,18,19,21). The molecular weight excluding hydrogens is 308 g/mol. The van der Waals surface area contributed by atoms with E-state index in [9.17, 15) is 4.79 Å². The molecule has 24 heavy (non-hydrogen) atoms. The Hall–Kier alpha value is -2.83. The number of nitrogens with zero attached hydrogens (tertiary/aromatic N) is 2. The van der Waals surface area contributed by atoms with Gasteiger partial charge in [0.2, 0.25) is 5.95 Å². The van der Waals surface area contributed by atoms with Gasteiger partial charge in [0, 0.05) is 24.0 Å². The highest BCUT2D eigenvalue weighted by Gasteiger charge is 2.12. The lowest BCUT2D eigenvalue weighted by Gasteiger charge is -2.11. The number of aryl methyl sites for hydroxylation is 1. The van der Waals surface area contributed by atoms with Crippen molar-refractivity contribution in [1.82, 2.24) is 9.97 Å². The quantitative estimate of drug-likeness (QED) is 0.812. The molecule has 0 atom stereocenters. The van der Waals surface area contributed by atoms with Crippen molar-refractivity contribution in [3.63, 3.8) is 0 Å². The predicted octanol–water partition coefficient (Wildman–Crippen LogP) is 2.88. The lowest BCUT2D eigenvalue weighted by Crippen LogP contribution is -2.16. The molecule has 0 saturated carbocycles. The van der Waals surface area contributed by atoms with Gasteiger partial charge >= 0.3 is 0 Å². The van der Waals surface area contributed by atoms with Crippen molar-refractivity contribution >= 4 is 17.5 Å². The smallest absolute Gasteiger partial charge is 0.274 e. The van der Waals surface area contributed by atoms with Crippen LogP contribution in [0, 0.1) is 6.92 Å². The third-order valence-electron chi connectivity index (χ3n) is 3.26. The van der Waals surface area contributed by atoms with Crippen molar-refractivity contribution in [3.05, 3.63) is 35.7 Å². The van der Waals surface area contributed by atoms with Crippen LogP contribution in [-0.2, 0) is 0 Å². The molecule has 7 heteroatoms. The second kappa shape index (κ2) is 8.14. The second-order valence-corrected chi connectivity index (χ2v) is 5.17. The van der Waals surface area contributed by atoms with Gasteiger partial charge in [-0.3, -0.25) is 4.79 Å². The van der Waals surface area contributed by atoms with Crippen LogP contribution >= 0.6 is 0 Å². The van der Waals surface area contributed by atoms with Crippen molar-refractivity contribution in [2.75, 3.05) is 31.4 Å². The Kier molecular flexibility index (Phi) is 5.95. The fourth-order valence-electron chi connectivity index (χ4n) is 2.11. The summed E-state index contributed by atoms with van der Waals surface area (Å²) in [6, 6.07) is 6.81. The zero-order valence-electron chi connectivity index (χ0n) is 14.3. The van der Waals surface area contributed by atoms with Crippen molar-refractivity contribution in [2.45, 2.75) is 20.3 Å². The lowest BCUT2D eigenvalue weighted by atomic mass is 10.2. The minimum Gasteiger partial charge on any atom is -0.493 e. The number of aromatic nitrogens is 2. The minimum atomic E-state index is -0.313. The molecule has 0 aliphatic heterocycles. The number of nitrogens with one attached hydrogen (secondary N) is 2. The highest BCUT2D eigenvalue weighted by molar-refractivity contribution is 6.03. The molecule has 0 aliphatic rings. The molecule has 0 bridgehead atoms. The van der Waals surface area contributed by atoms with Gasteiger partial charge in [0.25, 0.3) is 5.91 Å². The number of carbonyl (C=O) groups excluding carboxylic acids is 1. The first kappa shape index (κ1) is 17.5. The average molecular weight is 330 g/mol. The summed E-state index contributed by atoms with van der Waals surface area (Å²) in [7, 11) is 3.10. The van der Waals surface area contributed by atoms with Gasteiger partial charge in [0.15, 0.2) is 11.5 Å². The fourth-order valence-corrected chi connectivity index (χ4v) is 2.11. The molecule has 1 amide bonds. The van der Waals surface area contributed by atoms with E-state index in [-0.39, 0.29) is 5.91 Å². The largest absolute Gasteiger partial charge is 0.493 e. The van der Waals surface area contributed by atoms with E-state index in [0.717, 1.165) is 18.7 Å². The number of carbonyl (C=O) groups is 1. The van der Waals surface area contributed by atoms with Crippen molar-refractivity contribution < 1.29 is 14.3 Å². The summed E-state index contributed by atoms with van der Waals surface area (Å²) in [5.41, 5.74) is 1.62. The number of rotatable bonds is 7. The average Bonchev–Trinajstić information content (AvgIpc) is 2.59. The summed E-state index contributed by atoms with van der Waals surface area (Å²) in [5, 5.41) is 5.89. The maximum atomic E-state index is 12.4. The van der Waals surface area contributed by atoms with Crippen LogP contribution in [0.1, 0.15) is 29.5 Å². The van der Waals surface area contributed by atoms with Crippen molar-refractivity contribution in [3.8, 4) is 11.5 Å². The molecule has 0 unspecified atom stereocenters. The topological polar surface area (TPSA) is 85.4 Å². The van der Waals surface area contributed by atoms with E-state index in [1.165, 1.54) is 0 Å². The summed E-state index contributed by atoms with van der Waals surface area (Å²) >= 11 is 0. The highest BCUT2D eigenvalue weighted by Crippen LogP contribution is 2.29. The van der Waals surface area contributed by atoms with E-state index >= 15 is 0 Å². The first-order chi connectivity index (χ1) is 11.6. The normalized spacial score (nSPS) is 10.2. The number of ether oxygens (including phenoxy) is 2. The van der Waals surface area contributed by atoms with Crippen molar-refractivity contribution in [2.24, 2.45) is 0 Å². The molecule has 2 aromatic rings. The van der Waals surface area contributed by atoms with Gasteiger partial charge in [-0.15, -0.1) is 0 Å². The lowest BCUT2D eigenvalue weighted by molar-refractivity contribution is 0.102. The van der Waals surface area contributed by atoms with Gasteiger partial charge in [-0.1, -0.05) is 6.92 Å². The van der Waals surface area contributed by atoms with Crippen LogP contribution in [0.25, 0.3) is 0 Å². The van der Waals surface area contributed by atoms with E-state index in [1.54, 1.807) is 38.5 Å². The molecule has 0 spiro atoms. The molecule has 0 radical (unpaired) electrons. The Balaban J connectivity index is 2.19. The highest BCUT2D eigenvalue weighted by atomic mass is 16.5. The summed E-state index contributed by atoms with van der Waals surface area (Å²) < 4.78 is 10.4. The van der Waals surface area contributed by atoms with Gasteiger partial charge in [-0.2, -0.15) is 0 Å². The zero-order valence-corrected chi connectivity index (χ0v) is 14.3. The zero-order chi connectivity index (χ0) is 17.5. The Morgan fingerprint density at radius 3 is 2.54 bits per heavy atom. The molecule has 0 aliphatic carbocycles. The number of hydrogen-bond donors (Lipinski definition) is 2. The number of methoxy groups -OCH3 is 2. The summed E-state index contributed by atoms with van der Waals surface area (Å²) in [4.78, 5) is 21.0. The molecule has 1 aromatic heterocycles. The van der Waals surface area contributed by atoms with E-state index in [1.807, 2.05) is 13.8 Å². The van der Waals surface area contributed by atoms with Crippen LogP contribution in [0.5, 0.6) is 11.5 Å². The molecule has 2 rings (SSSR count). The van der Waals surface area contributed by atoms with E-state index in [2.05, 4.69) is 20.6 Å². The number of hydrogen-bond acceptors (Lipinski definition) is 6. The molecule has 7 nitrogen and oxygen atoms in total. The van der Waals surface area contributed by atoms with E-state index in [0.29, 0.717) is 28.8 Å². The van der Waals surface area contributed by atoms with Crippen LogP contribution in [0.4, 0.5) is 11.6 Å². The molecule has 2 N–H and O–H groups in total. The Morgan fingerprint density at radius 1 is 1.12 bits per heavy atom. The molecule has 0 saturated heterocycles. The van der Waals surface area contributed by atoms with Crippen LogP contribution in [0.15, 0.2) is 24.3 Å². The number of anilines is 2. The van der Waals surface area contributed by atoms with E-state index < -0.39 is 0 Å². The van der Waals surface area contributed by atoms with Gasteiger partial charge in [-0.05, 0) is 31.5 Å². The maximum absolute atomic E-state index is 12.4. The SMILES string of the molecule is CCCNc1nc(C)cc(C(=O)Nc2ccc(OC)c(OC)c2)n1. The summed E-state index contributed by atoms with van der Waals surface area (Å²) in [6.45, 7) is 4.62. The van der Waals surface area contributed by atoms with Crippen LogP contribution in [-0.4, -0.2) is 36.6 Å². The Morgan fingerprint density at radius 2 is 1.88 bits per heavy atom. The van der Waals surface area contributed by atoms with Crippen LogP contribution < -0.4 is 20.1 Å². The number of amides is 1. The molecular formula is C17H22N4O3. The Bertz CT molecular complexity index is 719. The molecule has 0 fully saturated rings. The summed E-state index contributed by atoms with van der Waals surface area (Å²) in [5.74, 6) is 1.28. The molecule has 128 valence electrons. The first-order valence-electron chi connectivity index (χ1n) is 7.70. The maximum Gasteiger partial charge on any atom is 0.274 e. The van der Waals surface area contributed by atoms with Crippen LogP contribution in [0.2, 0.25) is 0 Å².